The summed E-state index contributed by atoms with van der Waals surface area (Å²) in [6.45, 7) is 3.94. The topological polar surface area (TPSA) is 80.2 Å². The minimum atomic E-state index is -0.163. The average molecular weight is 403 g/mol. The SMILES string of the molecule is Cc1ccc(NC2COC3(CCN(C(=O)c4ccc5ccccc5n4)CC3)C2)nn1. The van der Waals surface area contributed by atoms with Crippen LogP contribution in [0.25, 0.3) is 10.9 Å². The fourth-order valence-electron chi connectivity index (χ4n) is 4.43. The number of pyridine rings is 1. The van der Waals surface area contributed by atoms with E-state index < -0.39 is 0 Å². The van der Waals surface area contributed by atoms with Crippen LogP contribution in [-0.4, -0.2) is 57.3 Å². The van der Waals surface area contributed by atoms with Crippen LogP contribution in [0.1, 0.15) is 35.4 Å². The van der Waals surface area contributed by atoms with Crippen molar-refractivity contribution in [2.45, 2.75) is 37.8 Å². The fourth-order valence-corrected chi connectivity index (χ4v) is 4.43. The molecule has 1 aromatic carbocycles. The predicted molar refractivity (Wildman–Crippen MR) is 114 cm³/mol. The number of aryl methyl sites for hydroxylation is 1. The molecule has 2 fully saturated rings. The van der Waals surface area contributed by atoms with E-state index in [1.54, 1.807) is 0 Å². The summed E-state index contributed by atoms with van der Waals surface area (Å²) in [4.78, 5) is 19.4. The average Bonchev–Trinajstić information content (AvgIpc) is 3.17. The van der Waals surface area contributed by atoms with E-state index in [1.807, 2.05) is 60.4 Å². The summed E-state index contributed by atoms with van der Waals surface area (Å²) in [5, 5.41) is 12.8. The Bertz CT molecular complexity index is 1060. The second-order valence-electron chi connectivity index (χ2n) is 8.28. The first-order chi connectivity index (χ1) is 14.6. The van der Waals surface area contributed by atoms with Gasteiger partial charge in [-0.1, -0.05) is 24.3 Å². The standard InChI is InChI=1S/C23H25N5O2/c1-16-6-9-21(27-26-16)24-18-14-23(30-15-18)10-12-28(13-11-23)22(29)20-8-7-17-4-2-3-5-19(17)25-20/h2-9,18H,10-15H2,1H3,(H,24,27). The molecule has 0 aliphatic carbocycles. The van der Waals surface area contributed by atoms with Crippen LogP contribution in [0.15, 0.2) is 48.5 Å². The molecule has 1 amide bonds. The molecule has 1 N–H and O–H groups in total. The molecule has 2 aromatic heterocycles. The van der Waals surface area contributed by atoms with Crippen molar-refractivity contribution >= 4 is 22.6 Å². The third-order valence-corrected chi connectivity index (χ3v) is 6.14. The summed E-state index contributed by atoms with van der Waals surface area (Å²) >= 11 is 0. The van der Waals surface area contributed by atoms with Crippen molar-refractivity contribution in [1.82, 2.24) is 20.1 Å². The monoisotopic (exact) mass is 403 g/mol. The largest absolute Gasteiger partial charge is 0.373 e. The number of para-hydroxylation sites is 1. The lowest BCUT2D eigenvalue weighted by atomic mass is 9.87. The Morgan fingerprint density at radius 3 is 2.73 bits per heavy atom. The molecule has 7 nitrogen and oxygen atoms in total. The summed E-state index contributed by atoms with van der Waals surface area (Å²) in [5.74, 6) is 0.777. The lowest BCUT2D eigenvalue weighted by Gasteiger charge is -2.38. The van der Waals surface area contributed by atoms with Gasteiger partial charge < -0.3 is 15.0 Å². The van der Waals surface area contributed by atoms with Gasteiger partial charge in [-0.05, 0) is 50.5 Å². The predicted octanol–water partition coefficient (Wildman–Crippen LogP) is 3.21. The summed E-state index contributed by atoms with van der Waals surface area (Å²) < 4.78 is 6.22. The highest BCUT2D eigenvalue weighted by Crippen LogP contribution is 2.37. The highest BCUT2D eigenvalue weighted by molar-refractivity contribution is 5.95. The minimum absolute atomic E-state index is 0.00166. The van der Waals surface area contributed by atoms with Gasteiger partial charge in [0.15, 0.2) is 0 Å². The number of ether oxygens (including phenoxy) is 1. The number of nitrogens with one attached hydrogen (secondary N) is 1. The molecule has 0 radical (unpaired) electrons. The van der Waals surface area contributed by atoms with E-state index in [-0.39, 0.29) is 17.6 Å². The molecule has 2 saturated heterocycles. The molecule has 1 spiro atoms. The Hall–Kier alpha value is -3.06. The molecule has 3 aromatic rings. The van der Waals surface area contributed by atoms with Crippen LogP contribution in [0.5, 0.6) is 0 Å². The number of nitrogens with zero attached hydrogens (tertiary/aromatic N) is 4. The van der Waals surface area contributed by atoms with Crippen molar-refractivity contribution in [2.75, 3.05) is 25.0 Å². The first-order valence-electron chi connectivity index (χ1n) is 10.5. The zero-order chi connectivity index (χ0) is 20.6. The van der Waals surface area contributed by atoms with E-state index in [4.69, 9.17) is 4.74 Å². The van der Waals surface area contributed by atoms with Gasteiger partial charge in [0.2, 0.25) is 0 Å². The normalized spacial score (nSPS) is 20.6. The Balaban J connectivity index is 1.20. The molecule has 1 unspecified atom stereocenters. The number of piperidine rings is 1. The van der Waals surface area contributed by atoms with E-state index in [9.17, 15) is 4.79 Å². The number of carbonyl (C=O) groups excluding carboxylic acids is 1. The van der Waals surface area contributed by atoms with Crippen LogP contribution in [0.2, 0.25) is 0 Å². The molecular weight excluding hydrogens is 378 g/mol. The van der Waals surface area contributed by atoms with Crippen LogP contribution in [0.4, 0.5) is 5.82 Å². The third kappa shape index (κ3) is 3.73. The molecule has 30 heavy (non-hydrogen) atoms. The number of anilines is 1. The van der Waals surface area contributed by atoms with Crippen molar-refractivity contribution in [1.29, 1.82) is 0 Å². The molecule has 2 aliphatic heterocycles. The van der Waals surface area contributed by atoms with E-state index in [2.05, 4.69) is 20.5 Å². The minimum Gasteiger partial charge on any atom is -0.373 e. The Morgan fingerprint density at radius 1 is 1.10 bits per heavy atom. The number of amides is 1. The van der Waals surface area contributed by atoms with E-state index >= 15 is 0 Å². The summed E-state index contributed by atoms with van der Waals surface area (Å²) in [6, 6.07) is 15.8. The van der Waals surface area contributed by atoms with Gasteiger partial charge in [0, 0.05) is 18.5 Å². The summed E-state index contributed by atoms with van der Waals surface area (Å²) in [5.41, 5.74) is 2.10. The Kier molecular flexibility index (Phi) is 4.83. The van der Waals surface area contributed by atoms with Gasteiger partial charge >= 0.3 is 0 Å². The fraction of sp³-hybridized carbons (Fsp3) is 0.391. The lowest BCUT2D eigenvalue weighted by Crippen LogP contribution is -2.46. The van der Waals surface area contributed by atoms with Crippen LogP contribution >= 0.6 is 0 Å². The maximum atomic E-state index is 13.0. The van der Waals surface area contributed by atoms with Gasteiger partial charge in [-0.2, -0.15) is 5.10 Å². The van der Waals surface area contributed by atoms with Gasteiger partial charge in [0.05, 0.1) is 29.5 Å². The highest BCUT2D eigenvalue weighted by Gasteiger charge is 2.43. The maximum absolute atomic E-state index is 13.0. The lowest BCUT2D eigenvalue weighted by molar-refractivity contribution is -0.0388. The Labute approximate surface area is 175 Å². The molecule has 0 saturated carbocycles. The molecule has 5 rings (SSSR count). The molecule has 7 heteroatoms. The first-order valence-corrected chi connectivity index (χ1v) is 10.5. The van der Waals surface area contributed by atoms with Crippen LogP contribution in [0, 0.1) is 6.92 Å². The molecular formula is C23H25N5O2. The van der Waals surface area contributed by atoms with Crippen LogP contribution < -0.4 is 5.32 Å². The number of aromatic nitrogens is 3. The number of hydrogen-bond acceptors (Lipinski definition) is 6. The van der Waals surface area contributed by atoms with E-state index in [1.165, 1.54) is 0 Å². The number of rotatable bonds is 3. The van der Waals surface area contributed by atoms with E-state index in [0.717, 1.165) is 41.7 Å². The summed E-state index contributed by atoms with van der Waals surface area (Å²) in [7, 11) is 0. The second kappa shape index (κ2) is 7.65. The molecule has 4 heterocycles. The summed E-state index contributed by atoms with van der Waals surface area (Å²) in [6.07, 6.45) is 2.59. The van der Waals surface area contributed by atoms with Crippen molar-refractivity contribution in [3.05, 3.63) is 59.9 Å². The quantitative estimate of drug-likeness (QED) is 0.723. The number of likely N-dealkylation sites (tertiary alicyclic amines) is 1. The first kappa shape index (κ1) is 18.9. The van der Waals surface area contributed by atoms with Crippen molar-refractivity contribution < 1.29 is 9.53 Å². The third-order valence-electron chi connectivity index (χ3n) is 6.14. The molecule has 154 valence electrons. The zero-order valence-corrected chi connectivity index (χ0v) is 17.0. The number of benzene rings is 1. The molecule has 0 bridgehead atoms. The zero-order valence-electron chi connectivity index (χ0n) is 17.0. The molecule has 1 atom stereocenters. The van der Waals surface area contributed by atoms with Gasteiger partial charge in [0.1, 0.15) is 11.5 Å². The van der Waals surface area contributed by atoms with Gasteiger partial charge in [-0.3, -0.25) is 4.79 Å². The van der Waals surface area contributed by atoms with Gasteiger partial charge in [0.25, 0.3) is 5.91 Å². The van der Waals surface area contributed by atoms with Crippen LogP contribution in [-0.2, 0) is 4.74 Å². The Morgan fingerprint density at radius 2 is 1.93 bits per heavy atom. The number of carbonyl (C=O) groups is 1. The van der Waals surface area contributed by atoms with Crippen molar-refractivity contribution in [2.24, 2.45) is 0 Å². The highest BCUT2D eigenvalue weighted by atomic mass is 16.5. The second-order valence-corrected chi connectivity index (χ2v) is 8.28. The van der Waals surface area contributed by atoms with E-state index in [0.29, 0.717) is 25.4 Å². The maximum Gasteiger partial charge on any atom is 0.272 e. The molecule has 2 aliphatic rings. The van der Waals surface area contributed by atoms with Crippen LogP contribution in [0.3, 0.4) is 0 Å². The van der Waals surface area contributed by atoms with Gasteiger partial charge in [-0.25, -0.2) is 4.98 Å². The van der Waals surface area contributed by atoms with Crippen molar-refractivity contribution in [3.63, 3.8) is 0 Å². The van der Waals surface area contributed by atoms with Gasteiger partial charge in [-0.15, -0.1) is 5.10 Å². The van der Waals surface area contributed by atoms with Crippen molar-refractivity contribution in [3.8, 4) is 0 Å². The number of fused-ring (bicyclic) bond motifs is 1. The number of hydrogen-bond donors (Lipinski definition) is 1. The smallest absolute Gasteiger partial charge is 0.272 e.